The van der Waals surface area contributed by atoms with Crippen LogP contribution in [0.2, 0.25) is 10.0 Å². The van der Waals surface area contributed by atoms with Crippen LogP contribution in [0.5, 0.6) is 0 Å². The van der Waals surface area contributed by atoms with E-state index in [9.17, 15) is 4.79 Å². The maximum absolute atomic E-state index is 12.1. The summed E-state index contributed by atoms with van der Waals surface area (Å²) < 4.78 is 1.20. The highest BCUT2D eigenvalue weighted by atomic mass is 35.5. The van der Waals surface area contributed by atoms with Crippen molar-refractivity contribution < 1.29 is 4.79 Å². The third-order valence-electron chi connectivity index (χ3n) is 3.26. The minimum absolute atomic E-state index is 0.0627. The first-order valence-corrected chi connectivity index (χ1v) is 9.54. The second-order valence-electron chi connectivity index (χ2n) is 5.29. The molecule has 0 unspecified atom stereocenters. The van der Waals surface area contributed by atoms with Gasteiger partial charge >= 0.3 is 0 Å². The van der Waals surface area contributed by atoms with Gasteiger partial charge in [0.05, 0.1) is 22.7 Å². The molecule has 0 fully saturated rings. The van der Waals surface area contributed by atoms with Crippen LogP contribution in [0.15, 0.2) is 53.0 Å². The molecule has 3 aromatic rings. The fourth-order valence-electron chi connectivity index (χ4n) is 1.98. The van der Waals surface area contributed by atoms with Crippen LogP contribution >= 0.6 is 35.0 Å². The lowest BCUT2D eigenvalue weighted by molar-refractivity contribution is -0.113. The fourth-order valence-corrected chi connectivity index (χ4v) is 3.09. The van der Waals surface area contributed by atoms with Crippen molar-refractivity contribution in [3.8, 4) is 0 Å². The van der Waals surface area contributed by atoms with E-state index in [1.807, 2.05) is 6.07 Å². The molecule has 0 radical (unpaired) electrons. The van der Waals surface area contributed by atoms with Crippen LogP contribution in [0.3, 0.4) is 0 Å². The molecule has 4 N–H and O–H groups in total. The highest BCUT2D eigenvalue weighted by Crippen LogP contribution is 2.26. The molecule has 0 aliphatic heterocycles. The van der Waals surface area contributed by atoms with Crippen LogP contribution in [-0.4, -0.2) is 37.7 Å². The lowest BCUT2D eigenvalue weighted by Crippen LogP contribution is -2.17. The molecule has 0 atom stereocenters. The zero-order valence-electron chi connectivity index (χ0n) is 14.2. The average Bonchev–Trinajstić information content (AvgIpc) is 3.03. The van der Waals surface area contributed by atoms with Gasteiger partial charge in [-0.2, -0.15) is 5.10 Å². The van der Waals surface area contributed by atoms with E-state index in [4.69, 9.17) is 29.0 Å². The number of pyridine rings is 1. The van der Waals surface area contributed by atoms with Crippen molar-refractivity contribution in [2.24, 2.45) is 5.10 Å². The van der Waals surface area contributed by atoms with E-state index in [0.29, 0.717) is 20.9 Å². The number of hydrazone groups is 1. The molecule has 9 nitrogen and oxygen atoms in total. The third kappa shape index (κ3) is 5.35. The number of nitrogens with two attached hydrogens (primary N) is 1. The van der Waals surface area contributed by atoms with Gasteiger partial charge < -0.3 is 11.2 Å². The summed E-state index contributed by atoms with van der Waals surface area (Å²) in [4.78, 5) is 16.1. The lowest BCUT2D eigenvalue weighted by atomic mass is 10.3. The summed E-state index contributed by atoms with van der Waals surface area (Å²) in [7, 11) is 0. The molecule has 2 aromatic heterocycles. The first kappa shape index (κ1) is 19.9. The van der Waals surface area contributed by atoms with E-state index in [-0.39, 0.29) is 17.6 Å². The minimum Gasteiger partial charge on any atom is -0.334 e. The molecule has 0 saturated heterocycles. The normalized spacial score (nSPS) is 10.9. The highest BCUT2D eigenvalue weighted by molar-refractivity contribution is 7.99. The second-order valence-corrected chi connectivity index (χ2v) is 7.08. The van der Waals surface area contributed by atoms with E-state index in [0.717, 1.165) is 17.3 Å². The SMILES string of the molecule is Nn1c(N/N=C/c2cccnc2)nnc1SCC(=O)Nc1ccc(Cl)cc1Cl. The molecule has 12 heteroatoms. The van der Waals surface area contributed by atoms with Crippen LogP contribution in [0, 0.1) is 0 Å². The average molecular weight is 437 g/mol. The number of benzene rings is 1. The summed E-state index contributed by atoms with van der Waals surface area (Å²) in [5, 5.41) is 15.7. The Hall–Kier alpha value is -2.82. The Bertz CT molecular complexity index is 996. The van der Waals surface area contributed by atoms with Gasteiger partial charge in [-0.3, -0.25) is 9.78 Å². The van der Waals surface area contributed by atoms with E-state index >= 15 is 0 Å². The first-order valence-electron chi connectivity index (χ1n) is 7.80. The predicted molar refractivity (Wildman–Crippen MR) is 111 cm³/mol. The van der Waals surface area contributed by atoms with Crippen molar-refractivity contribution in [2.75, 3.05) is 22.3 Å². The molecule has 1 aromatic carbocycles. The van der Waals surface area contributed by atoms with Gasteiger partial charge in [0.2, 0.25) is 11.1 Å². The molecule has 3 rings (SSSR count). The van der Waals surface area contributed by atoms with Crippen LogP contribution in [0.4, 0.5) is 11.6 Å². The first-order chi connectivity index (χ1) is 13.5. The number of anilines is 2. The number of nitrogens with zero attached hydrogens (tertiary/aromatic N) is 5. The van der Waals surface area contributed by atoms with Crippen molar-refractivity contribution in [1.29, 1.82) is 0 Å². The minimum atomic E-state index is -0.277. The van der Waals surface area contributed by atoms with Crippen molar-refractivity contribution in [2.45, 2.75) is 5.16 Å². The molecule has 144 valence electrons. The zero-order valence-corrected chi connectivity index (χ0v) is 16.5. The summed E-state index contributed by atoms with van der Waals surface area (Å²) in [5.74, 6) is 5.93. The molecule has 0 saturated carbocycles. The van der Waals surface area contributed by atoms with Gasteiger partial charge in [-0.25, -0.2) is 10.1 Å². The predicted octanol–water partition coefficient (Wildman–Crippen LogP) is 2.87. The van der Waals surface area contributed by atoms with Gasteiger partial charge in [-0.15, -0.1) is 10.2 Å². The molecule has 0 spiro atoms. The number of hydrogen-bond donors (Lipinski definition) is 3. The van der Waals surface area contributed by atoms with E-state index in [2.05, 4.69) is 31.0 Å². The molecule has 0 aliphatic carbocycles. The lowest BCUT2D eigenvalue weighted by Gasteiger charge is -2.07. The van der Waals surface area contributed by atoms with Crippen LogP contribution in [0.25, 0.3) is 0 Å². The summed E-state index contributed by atoms with van der Waals surface area (Å²) in [6.07, 6.45) is 4.89. The van der Waals surface area contributed by atoms with Crippen molar-refractivity contribution >= 4 is 58.7 Å². The van der Waals surface area contributed by atoms with Crippen molar-refractivity contribution in [1.82, 2.24) is 19.9 Å². The number of halogens is 2. The van der Waals surface area contributed by atoms with Gasteiger partial charge in [-0.1, -0.05) is 41.0 Å². The molecule has 0 aliphatic rings. The molecule has 2 heterocycles. The largest absolute Gasteiger partial charge is 0.334 e. The Kier molecular flexibility index (Phi) is 6.69. The standard InChI is InChI=1S/C16H14Cl2N8OS/c17-11-3-4-13(12(18)6-11)22-14(27)9-28-16-25-24-15(26(16)19)23-21-8-10-2-1-5-20-7-10/h1-8H,9,19H2,(H,22,27)(H,23,24)/b21-8+. The number of carbonyl (C=O) groups excluding carboxylic acids is 1. The topological polar surface area (TPSA) is 123 Å². The number of hydrogen-bond acceptors (Lipinski definition) is 8. The summed E-state index contributed by atoms with van der Waals surface area (Å²) in [6, 6.07) is 8.45. The van der Waals surface area contributed by atoms with E-state index in [1.165, 1.54) is 4.68 Å². The quantitative estimate of drug-likeness (QED) is 0.225. The third-order valence-corrected chi connectivity index (χ3v) is 4.76. The fraction of sp³-hybridized carbons (Fsp3) is 0.0625. The van der Waals surface area contributed by atoms with Gasteiger partial charge in [0, 0.05) is 23.0 Å². The number of rotatable bonds is 7. The Morgan fingerprint density at radius 1 is 1.32 bits per heavy atom. The monoisotopic (exact) mass is 436 g/mol. The van der Waals surface area contributed by atoms with Gasteiger partial charge in [0.25, 0.3) is 5.95 Å². The molecule has 1 amide bonds. The number of aromatic nitrogens is 4. The maximum Gasteiger partial charge on any atom is 0.264 e. The van der Waals surface area contributed by atoms with Gasteiger partial charge in [0.15, 0.2) is 0 Å². The Balaban J connectivity index is 1.53. The maximum atomic E-state index is 12.1. The van der Waals surface area contributed by atoms with Crippen LogP contribution in [0.1, 0.15) is 5.56 Å². The smallest absolute Gasteiger partial charge is 0.264 e. The molecular weight excluding hydrogens is 423 g/mol. The van der Waals surface area contributed by atoms with Gasteiger partial charge in [-0.05, 0) is 24.3 Å². The van der Waals surface area contributed by atoms with Crippen molar-refractivity contribution in [3.05, 3.63) is 58.3 Å². The summed E-state index contributed by atoms with van der Waals surface area (Å²) in [5.41, 5.74) is 3.96. The Labute approximate surface area is 174 Å². The second kappa shape index (κ2) is 9.40. The molecular formula is C16H14Cl2N8OS. The number of nitrogen functional groups attached to an aromatic ring is 1. The molecule has 28 heavy (non-hydrogen) atoms. The number of amides is 1. The molecule has 0 bridgehead atoms. The van der Waals surface area contributed by atoms with Crippen LogP contribution in [-0.2, 0) is 4.79 Å². The summed E-state index contributed by atoms with van der Waals surface area (Å²) >= 11 is 13.0. The highest BCUT2D eigenvalue weighted by Gasteiger charge is 2.13. The number of nitrogens with one attached hydrogen (secondary N) is 2. The van der Waals surface area contributed by atoms with Crippen LogP contribution < -0.4 is 16.6 Å². The zero-order chi connectivity index (χ0) is 19.9. The Morgan fingerprint density at radius 3 is 2.93 bits per heavy atom. The Morgan fingerprint density at radius 2 is 2.18 bits per heavy atom. The number of carbonyl (C=O) groups is 1. The van der Waals surface area contributed by atoms with Gasteiger partial charge in [0.1, 0.15) is 0 Å². The number of thioether (sulfide) groups is 1. The van der Waals surface area contributed by atoms with E-state index < -0.39 is 0 Å². The van der Waals surface area contributed by atoms with E-state index in [1.54, 1.807) is 42.9 Å². The summed E-state index contributed by atoms with van der Waals surface area (Å²) in [6.45, 7) is 0. The van der Waals surface area contributed by atoms with Crippen molar-refractivity contribution in [3.63, 3.8) is 0 Å².